The summed E-state index contributed by atoms with van der Waals surface area (Å²) in [5.41, 5.74) is 3.13. The fraction of sp³-hybridized carbons (Fsp3) is 0.270. The molecule has 2 amide bonds. The van der Waals surface area contributed by atoms with Crippen molar-refractivity contribution in [2.45, 2.75) is 32.9 Å². The van der Waals surface area contributed by atoms with Crippen LogP contribution >= 0.6 is 17.0 Å². The highest BCUT2D eigenvalue weighted by Gasteiger charge is 2.31. The number of hydrogen-bond acceptors (Lipinski definition) is 7. The van der Waals surface area contributed by atoms with Crippen molar-refractivity contribution >= 4 is 45.4 Å². The highest BCUT2D eigenvalue weighted by molar-refractivity contribution is 8.93. The van der Waals surface area contributed by atoms with Gasteiger partial charge < -0.3 is 29.0 Å². The van der Waals surface area contributed by atoms with Gasteiger partial charge in [0.1, 0.15) is 22.9 Å². The van der Waals surface area contributed by atoms with Gasteiger partial charge in [0, 0.05) is 62.9 Å². The van der Waals surface area contributed by atoms with Crippen LogP contribution in [0, 0.1) is 0 Å². The summed E-state index contributed by atoms with van der Waals surface area (Å²) in [4.78, 5) is 34.6. The molecule has 51 heavy (non-hydrogen) atoms. The van der Waals surface area contributed by atoms with Crippen LogP contribution < -0.4 is 19.5 Å². The number of halogens is 4. The zero-order valence-electron chi connectivity index (χ0n) is 28.1. The zero-order valence-corrected chi connectivity index (χ0v) is 29.9. The van der Waals surface area contributed by atoms with E-state index in [1.165, 1.54) is 23.9 Å². The van der Waals surface area contributed by atoms with Crippen molar-refractivity contribution in [2.75, 3.05) is 31.5 Å². The van der Waals surface area contributed by atoms with E-state index in [0.29, 0.717) is 30.2 Å². The first-order chi connectivity index (χ1) is 23.9. The van der Waals surface area contributed by atoms with Crippen molar-refractivity contribution in [1.82, 2.24) is 19.4 Å². The lowest BCUT2D eigenvalue weighted by Crippen LogP contribution is -2.48. The predicted molar refractivity (Wildman–Crippen MR) is 192 cm³/mol. The molecule has 1 fully saturated rings. The molecule has 0 spiro atoms. The fourth-order valence-corrected chi connectivity index (χ4v) is 5.70. The van der Waals surface area contributed by atoms with E-state index in [-0.39, 0.29) is 40.4 Å². The number of nitrogens with zero attached hydrogens (tertiary/aromatic N) is 4. The van der Waals surface area contributed by atoms with Crippen molar-refractivity contribution < 1.29 is 37.0 Å². The molecule has 6 rings (SSSR count). The number of aromatic nitrogens is 2. The van der Waals surface area contributed by atoms with E-state index < -0.39 is 18.0 Å². The van der Waals surface area contributed by atoms with Crippen molar-refractivity contribution in [3.8, 4) is 23.1 Å². The fourth-order valence-electron chi connectivity index (χ4n) is 5.70. The predicted octanol–water partition coefficient (Wildman–Crippen LogP) is 7.84. The van der Waals surface area contributed by atoms with Gasteiger partial charge in [-0.25, -0.2) is 4.98 Å². The smallest absolute Gasteiger partial charge is 0.491 e. The Balaban J connectivity index is 0.00000504. The summed E-state index contributed by atoms with van der Waals surface area (Å²) in [7, 11) is 1.86. The van der Waals surface area contributed by atoms with Gasteiger partial charge >= 0.3 is 6.36 Å². The average Bonchev–Trinajstić information content (AvgIpc) is 3.41. The highest BCUT2D eigenvalue weighted by Crippen LogP contribution is 2.28. The lowest BCUT2D eigenvalue weighted by atomic mass is 10.2. The largest absolute Gasteiger partial charge is 0.573 e. The van der Waals surface area contributed by atoms with E-state index in [0.717, 1.165) is 48.4 Å². The molecule has 2 aromatic heterocycles. The summed E-state index contributed by atoms with van der Waals surface area (Å²) in [5, 5.41) is 3.54. The molecule has 14 heteroatoms. The van der Waals surface area contributed by atoms with Crippen molar-refractivity contribution in [2.24, 2.45) is 7.05 Å². The van der Waals surface area contributed by atoms with Gasteiger partial charge in [-0.05, 0) is 80.1 Å². The van der Waals surface area contributed by atoms with Gasteiger partial charge in [-0.3, -0.25) is 14.5 Å². The van der Waals surface area contributed by atoms with Gasteiger partial charge in [-0.2, -0.15) is 0 Å². The topological polar surface area (TPSA) is 98.2 Å². The van der Waals surface area contributed by atoms with Crippen LogP contribution in [0.15, 0.2) is 91.1 Å². The van der Waals surface area contributed by atoms with Crippen LogP contribution in [0.1, 0.15) is 40.3 Å². The molecule has 5 aromatic rings. The summed E-state index contributed by atoms with van der Waals surface area (Å²) in [6.07, 6.45) is -3.28. The van der Waals surface area contributed by atoms with Gasteiger partial charge in [0.05, 0.1) is 23.5 Å². The SMILES string of the molecule is Br.CC(C)Oc1ccc(CN2CCN(C(=O)c3cc4ccc(Oc5ccc(NC(=O)c6ccc(OC(F)(F)F)cc6)cn5)cc4n3C)CC2)cc1. The van der Waals surface area contributed by atoms with Crippen LogP contribution in [0.2, 0.25) is 0 Å². The molecule has 3 aromatic carbocycles. The first-order valence-corrected chi connectivity index (χ1v) is 16.1. The third-order valence-corrected chi connectivity index (χ3v) is 8.16. The summed E-state index contributed by atoms with van der Waals surface area (Å²) < 4.78 is 54.6. The number of hydrogen-bond donors (Lipinski definition) is 1. The minimum absolute atomic E-state index is 0. The molecule has 268 valence electrons. The minimum Gasteiger partial charge on any atom is -0.491 e. The number of nitrogens with one attached hydrogen (secondary N) is 1. The van der Waals surface area contributed by atoms with E-state index in [2.05, 4.69) is 32.1 Å². The Hall–Kier alpha value is -5.08. The van der Waals surface area contributed by atoms with Gasteiger partial charge in [0.15, 0.2) is 0 Å². The number of carbonyl (C=O) groups excluding carboxylic acids is 2. The molecule has 1 aliphatic heterocycles. The number of carbonyl (C=O) groups is 2. The Kier molecular flexibility index (Phi) is 11.6. The van der Waals surface area contributed by atoms with Gasteiger partial charge in [-0.1, -0.05) is 12.1 Å². The molecule has 1 N–H and O–H groups in total. The third kappa shape index (κ3) is 9.58. The Morgan fingerprint density at radius 1 is 0.863 bits per heavy atom. The Morgan fingerprint density at radius 2 is 1.53 bits per heavy atom. The second-order valence-corrected chi connectivity index (χ2v) is 12.2. The maximum Gasteiger partial charge on any atom is 0.573 e. The molecular weight excluding hydrogens is 731 g/mol. The van der Waals surface area contributed by atoms with Crippen molar-refractivity contribution in [3.05, 3.63) is 108 Å². The summed E-state index contributed by atoms with van der Waals surface area (Å²) in [5.74, 6) is 0.678. The Labute approximate surface area is 303 Å². The van der Waals surface area contributed by atoms with E-state index in [4.69, 9.17) is 9.47 Å². The summed E-state index contributed by atoms with van der Waals surface area (Å²) >= 11 is 0. The van der Waals surface area contributed by atoms with Crippen LogP contribution in [-0.2, 0) is 13.6 Å². The maximum absolute atomic E-state index is 13.6. The molecule has 0 bridgehead atoms. The number of pyridine rings is 1. The highest BCUT2D eigenvalue weighted by atomic mass is 79.9. The molecule has 3 heterocycles. The molecule has 0 radical (unpaired) electrons. The molecule has 0 saturated carbocycles. The van der Waals surface area contributed by atoms with Crippen LogP contribution in [0.3, 0.4) is 0 Å². The Morgan fingerprint density at radius 3 is 2.16 bits per heavy atom. The number of fused-ring (bicyclic) bond motifs is 1. The molecule has 1 aliphatic rings. The van der Waals surface area contributed by atoms with Crippen LogP contribution in [0.4, 0.5) is 18.9 Å². The standard InChI is InChI=1S/C37H36F3N5O5.BrH/c1-24(2)48-29-10-4-25(5-11-29)23-44-16-18-45(19-17-44)36(47)33-20-27-8-14-31(21-32(27)43(33)3)49-34-15-9-28(22-41-34)42-35(46)26-6-12-30(13-7-26)50-37(38,39)40;/h4-15,20-22,24H,16-19,23H2,1-3H3,(H,42,46);1H. The summed E-state index contributed by atoms with van der Waals surface area (Å²) in [6.45, 7) is 7.65. The average molecular weight is 769 g/mol. The Bertz CT molecular complexity index is 1960. The number of aryl methyl sites for hydroxylation is 1. The van der Waals surface area contributed by atoms with E-state index in [9.17, 15) is 22.8 Å². The molecular formula is C37H37BrF3N5O5. The number of piperazine rings is 1. The third-order valence-electron chi connectivity index (χ3n) is 8.16. The quantitative estimate of drug-likeness (QED) is 0.155. The number of rotatable bonds is 10. The zero-order chi connectivity index (χ0) is 35.4. The van der Waals surface area contributed by atoms with E-state index in [1.54, 1.807) is 18.2 Å². The van der Waals surface area contributed by atoms with Crippen molar-refractivity contribution in [1.29, 1.82) is 0 Å². The van der Waals surface area contributed by atoms with Crippen molar-refractivity contribution in [3.63, 3.8) is 0 Å². The van der Waals surface area contributed by atoms with Gasteiger partial charge in [0.25, 0.3) is 11.8 Å². The molecule has 0 aliphatic carbocycles. The first-order valence-electron chi connectivity index (χ1n) is 16.1. The van der Waals surface area contributed by atoms with Gasteiger partial charge in [-0.15, -0.1) is 30.2 Å². The van der Waals surface area contributed by atoms with Crippen LogP contribution in [0.25, 0.3) is 10.9 Å². The molecule has 10 nitrogen and oxygen atoms in total. The number of ether oxygens (including phenoxy) is 3. The molecule has 0 atom stereocenters. The number of benzene rings is 3. The van der Waals surface area contributed by atoms with Crippen LogP contribution in [-0.4, -0.2) is 69.8 Å². The second kappa shape index (κ2) is 15.9. The second-order valence-electron chi connectivity index (χ2n) is 12.2. The monoisotopic (exact) mass is 767 g/mol. The summed E-state index contributed by atoms with van der Waals surface area (Å²) in [6, 6.07) is 23.3. The lowest BCUT2D eigenvalue weighted by Gasteiger charge is -2.34. The maximum atomic E-state index is 13.6. The number of amides is 2. The van der Waals surface area contributed by atoms with E-state index in [1.807, 2.05) is 60.7 Å². The lowest BCUT2D eigenvalue weighted by molar-refractivity contribution is -0.274. The molecule has 1 saturated heterocycles. The first kappa shape index (κ1) is 37.2. The molecule has 0 unspecified atom stereocenters. The minimum atomic E-state index is -4.82. The van der Waals surface area contributed by atoms with Crippen LogP contribution in [0.5, 0.6) is 23.1 Å². The normalized spacial score (nSPS) is 13.5. The van der Waals surface area contributed by atoms with E-state index >= 15 is 0 Å². The van der Waals surface area contributed by atoms with Gasteiger partial charge in [0.2, 0.25) is 5.88 Å². The number of alkyl halides is 3. The number of anilines is 1.